The van der Waals surface area contributed by atoms with Crippen LogP contribution in [0.25, 0.3) is 0 Å². The number of rotatable bonds is 4. The Balaban J connectivity index is 2.15. The number of nitriles is 1. The maximum absolute atomic E-state index is 11.9. The molecule has 0 atom stereocenters. The molecule has 2 rings (SSSR count). The number of methoxy groups -OCH3 is 1. The molecule has 96 valence electrons. The monoisotopic (exact) mass is 254 g/mol. The van der Waals surface area contributed by atoms with E-state index in [9.17, 15) is 4.79 Å². The van der Waals surface area contributed by atoms with Crippen molar-refractivity contribution in [2.75, 3.05) is 7.11 Å². The highest BCUT2D eigenvalue weighted by Crippen LogP contribution is 2.13. The van der Waals surface area contributed by atoms with Crippen LogP contribution in [0, 0.1) is 11.3 Å². The molecule has 19 heavy (non-hydrogen) atoms. The molecule has 0 amide bonds. The van der Waals surface area contributed by atoms with Crippen molar-refractivity contribution in [3.63, 3.8) is 0 Å². The van der Waals surface area contributed by atoms with Gasteiger partial charge >= 0.3 is 0 Å². The van der Waals surface area contributed by atoms with Crippen molar-refractivity contribution < 1.29 is 4.74 Å². The third-order valence-corrected chi connectivity index (χ3v) is 2.92. The van der Waals surface area contributed by atoms with Crippen LogP contribution in [0.2, 0.25) is 0 Å². The zero-order chi connectivity index (χ0) is 13.7. The van der Waals surface area contributed by atoms with Crippen LogP contribution in [0.5, 0.6) is 5.75 Å². The molecular weight excluding hydrogens is 240 g/mol. The lowest BCUT2D eigenvalue weighted by Gasteiger charge is -2.07. The van der Waals surface area contributed by atoms with Gasteiger partial charge in [0.15, 0.2) is 0 Å². The first kappa shape index (κ1) is 12.9. The van der Waals surface area contributed by atoms with Gasteiger partial charge in [0.25, 0.3) is 5.56 Å². The number of ether oxygens (including phenoxy) is 1. The molecule has 4 nitrogen and oxygen atoms in total. The fourth-order valence-corrected chi connectivity index (χ4v) is 1.88. The van der Waals surface area contributed by atoms with Crippen molar-refractivity contribution in [3.05, 3.63) is 64.1 Å². The van der Waals surface area contributed by atoms with E-state index in [1.165, 1.54) is 6.07 Å². The molecule has 0 aliphatic heterocycles. The average molecular weight is 254 g/mol. The van der Waals surface area contributed by atoms with E-state index in [-0.39, 0.29) is 11.1 Å². The minimum absolute atomic E-state index is 0.174. The predicted molar refractivity (Wildman–Crippen MR) is 72.1 cm³/mol. The van der Waals surface area contributed by atoms with Crippen LogP contribution in [-0.2, 0) is 13.0 Å². The Hall–Kier alpha value is -2.54. The van der Waals surface area contributed by atoms with Gasteiger partial charge in [-0.25, -0.2) is 0 Å². The number of nitrogens with zero attached hydrogens (tertiary/aromatic N) is 2. The van der Waals surface area contributed by atoms with Crippen molar-refractivity contribution in [1.82, 2.24) is 4.57 Å². The van der Waals surface area contributed by atoms with Gasteiger partial charge in [0.1, 0.15) is 17.4 Å². The Labute approximate surface area is 111 Å². The Kier molecular flexibility index (Phi) is 3.99. The van der Waals surface area contributed by atoms with Crippen LogP contribution in [0.4, 0.5) is 0 Å². The highest BCUT2D eigenvalue weighted by molar-refractivity contribution is 5.29. The molecule has 0 aliphatic carbocycles. The van der Waals surface area contributed by atoms with Crippen molar-refractivity contribution in [2.45, 2.75) is 13.0 Å². The molecule has 0 N–H and O–H groups in total. The maximum Gasteiger partial charge on any atom is 0.268 e. The smallest absolute Gasteiger partial charge is 0.268 e. The van der Waals surface area contributed by atoms with Gasteiger partial charge in [-0.3, -0.25) is 4.79 Å². The minimum Gasteiger partial charge on any atom is -0.497 e. The number of hydrogen-bond acceptors (Lipinski definition) is 3. The van der Waals surface area contributed by atoms with Gasteiger partial charge in [-0.05, 0) is 36.2 Å². The van der Waals surface area contributed by atoms with E-state index in [0.717, 1.165) is 11.3 Å². The standard InChI is InChI=1S/C15H14N2O2/c1-19-14-6-2-4-12(10-14)7-9-17-8-3-5-13(11-16)15(17)18/h2-6,8,10H,7,9H2,1H3. The summed E-state index contributed by atoms with van der Waals surface area (Å²) >= 11 is 0. The first-order chi connectivity index (χ1) is 9.24. The van der Waals surface area contributed by atoms with E-state index < -0.39 is 0 Å². The second kappa shape index (κ2) is 5.87. The third kappa shape index (κ3) is 3.02. The van der Waals surface area contributed by atoms with Crippen LogP contribution in [-0.4, -0.2) is 11.7 Å². The zero-order valence-corrected chi connectivity index (χ0v) is 10.7. The fraction of sp³-hybridized carbons (Fsp3) is 0.200. The topological polar surface area (TPSA) is 55.0 Å². The predicted octanol–water partition coefficient (Wildman–Crippen LogP) is 1.97. The molecule has 2 aromatic rings. The largest absolute Gasteiger partial charge is 0.497 e. The van der Waals surface area contributed by atoms with E-state index in [1.807, 2.05) is 30.3 Å². The number of aryl methyl sites for hydroxylation is 2. The number of benzene rings is 1. The van der Waals surface area contributed by atoms with Crippen LogP contribution in [0.15, 0.2) is 47.4 Å². The summed E-state index contributed by atoms with van der Waals surface area (Å²) in [4.78, 5) is 11.9. The molecule has 0 aliphatic rings. The van der Waals surface area contributed by atoms with Gasteiger partial charge in [-0.15, -0.1) is 0 Å². The lowest BCUT2D eigenvalue weighted by Crippen LogP contribution is -2.22. The van der Waals surface area contributed by atoms with E-state index in [2.05, 4.69) is 0 Å². The maximum atomic E-state index is 11.9. The van der Waals surface area contributed by atoms with Gasteiger partial charge in [0.2, 0.25) is 0 Å². The summed E-state index contributed by atoms with van der Waals surface area (Å²) in [6.07, 6.45) is 2.41. The van der Waals surface area contributed by atoms with Gasteiger partial charge in [-0.2, -0.15) is 5.26 Å². The minimum atomic E-state index is -0.243. The summed E-state index contributed by atoms with van der Waals surface area (Å²) in [5.41, 5.74) is 1.02. The number of aromatic nitrogens is 1. The zero-order valence-electron chi connectivity index (χ0n) is 10.7. The Morgan fingerprint density at radius 2 is 2.16 bits per heavy atom. The Morgan fingerprint density at radius 3 is 2.89 bits per heavy atom. The average Bonchev–Trinajstić information content (AvgIpc) is 2.46. The molecule has 1 aromatic carbocycles. The van der Waals surface area contributed by atoms with Crippen molar-refractivity contribution in [1.29, 1.82) is 5.26 Å². The van der Waals surface area contributed by atoms with Gasteiger partial charge < -0.3 is 9.30 Å². The molecule has 0 saturated heterocycles. The Morgan fingerprint density at radius 1 is 1.32 bits per heavy atom. The lowest BCUT2D eigenvalue weighted by molar-refractivity contribution is 0.414. The lowest BCUT2D eigenvalue weighted by atomic mass is 10.1. The molecule has 0 saturated carbocycles. The molecule has 1 aromatic heterocycles. The molecule has 4 heteroatoms. The first-order valence-electron chi connectivity index (χ1n) is 5.97. The van der Waals surface area contributed by atoms with Crippen molar-refractivity contribution in [2.24, 2.45) is 0 Å². The van der Waals surface area contributed by atoms with Crippen molar-refractivity contribution in [3.8, 4) is 11.8 Å². The third-order valence-electron chi connectivity index (χ3n) is 2.92. The van der Waals surface area contributed by atoms with Gasteiger partial charge in [-0.1, -0.05) is 12.1 Å². The van der Waals surface area contributed by atoms with Crippen LogP contribution in [0.3, 0.4) is 0 Å². The van der Waals surface area contributed by atoms with Crippen LogP contribution >= 0.6 is 0 Å². The quantitative estimate of drug-likeness (QED) is 0.838. The van der Waals surface area contributed by atoms with Gasteiger partial charge in [0, 0.05) is 12.7 Å². The highest BCUT2D eigenvalue weighted by atomic mass is 16.5. The highest BCUT2D eigenvalue weighted by Gasteiger charge is 2.02. The summed E-state index contributed by atoms with van der Waals surface area (Å²) in [5.74, 6) is 0.802. The molecule has 1 heterocycles. The van der Waals surface area contributed by atoms with E-state index in [1.54, 1.807) is 23.9 Å². The molecule has 0 unspecified atom stereocenters. The van der Waals surface area contributed by atoms with Crippen LogP contribution < -0.4 is 10.3 Å². The summed E-state index contributed by atoms with van der Waals surface area (Å²) in [6, 6.07) is 12.9. The molecule has 0 fully saturated rings. The van der Waals surface area contributed by atoms with E-state index in [4.69, 9.17) is 10.00 Å². The summed E-state index contributed by atoms with van der Waals surface area (Å²) in [6.45, 7) is 0.543. The Bertz CT molecular complexity index is 668. The van der Waals surface area contributed by atoms with Gasteiger partial charge in [0.05, 0.1) is 7.11 Å². The summed E-state index contributed by atoms with van der Waals surface area (Å²) in [5, 5.41) is 8.82. The second-order valence-corrected chi connectivity index (χ2v) is 4.13. The van der Waals surface area contributed by atoms with E-state index in [0.29, 0.717) is 13.0 Å². The van der Waals surface area contributed by atoms with Crippen molar-refractivity contribution >= 4 is 0 Å². The fourth-order valence-electron chi connectivity index (χ4n) is 1.88. The molecule has 0 bridgehead atoms. The molecular formula is C15H14N2O2. The number of hydrogen-bond donors (Lipinski definition) is 0. The van der Waals surface area contributed by atoms with Crippen LogP contribution in [0.1, 0.15) is 11.1 Å². The summed E-state index contributed by atoms with van der Waals surface area (Å²) < 4.78 is 6.71. The number of pyridine rings is 1. The summed E-state index contributed by atoms with van der Waals surface area (Å²) in [7, 11) is 1.63. The molecule has 0 radical (unpaired) electrons. The molecule has 0 spiro atoms. The van der Waals surface area contributed by atoms with E-state index >= 15 is 0 Å². The SMILES string of the molecule is COc1cccc(CCn2cccc(C#N)c2=O)c1. The second-order valence-electron chi connectivity index (χ2n) is 4.13. The first-order valence-corrected chi connectivity index (χ1v) is 5.97. The normalized spacial score (nSPS) is 9.89.